The zero-order valence-electron chi connectivity index (χ0n) is 17.6. The number of sulfonamides is 1. The quantitative estimate of drug-likeness (QED) is 0.671. The summed E-state index contributed by atoms with van der Waals surface area (Å²) in [5.74, 6) is 0.440. The molecule has 0 N–H and O–H groups in total. The minimum Gasteiger partial charge on any atom is -0.342 e. The van der Waals surface area contributed by atoms with Gasteiger partial charge in [-0.15, -0.1) is 0 Å². The third-order valence-electron chi connectivity index (χ3n) is 6.48. The van der Waals surface area contributed by atoms with Gasteiger partial charge in [0.1, 0.15) is 0 Å². The van der Waals surface area contributed by atoms with Crippen LogP contribution in [-0.2, 0) is 21.2 Å². The molecule has 5 nitrogen and oxygen atoms in total. The molecule has 0 saturated carbocycles. The average Bonchev–Trinajstić information content (AvgIpc) is 2.80. The van der Waals surface area contributed by atoms with E-state index in [2.05, 4.69) is 24.3 Å². The highest BCUT2D eigenvalue weighted by Gasteiger charge is 2.36. The van der Waals surface area contributed by atoms with Gasteiger partial charge in [0.25, 0.3) is 0 Å². The Balaban J connectivity index is 1.34. The molecule has 2 heterocycles. The Hall–Kier alpha value is -1.89. The van der Waals surface area contributed by atoms with Crippen LogP contribution in [0.1, 0.15) is 31.2 Å². The van der Waals surface area contributed by atoms with Crippen molar-refractivity contribution >= 4 is 27.5 Å². The van der Waals surface area contributed by atoms with Crippen molar-refractivity contribution in [2.24, 2.45) is 11.8 Å². The van der Waals surface area contributed by atoms with Crippen molar-refractivity contribution in [1.29, 1.82) is 0 Å². The lowest BCUT2D eigenvalue weighted by Crippen LogP contribution is -2.48. The highest BCUT2D eigenvalue weighted by atomic mass is 35.5. The number of carbonyl (C=O) groups is 1. The SMILES string of the molecule is O=C([C@H]1CCCN(S(=O)(=O)c2ccc(Cl)cc2)C1)N1CCC(Cc2ccccc2)CC1. The number of rotatable bonds is 5. The highest BCUT2D eigenvalue weighted by molar-refractivity contribution is 7.89. The van der Waals surface area contributed by atoms with E-state index in [-0.39, 0.29) is 23.3 Å². The maximum Gasteiger partial charge on any atom is 0.243 e. The van der Waals surface area contributed by atoms with Crippen molar-refractivity contribution in [3.8, 4) is 0 Å². The monoisotopic (exact) mass is 460 g/mol. The summed E-state index contributed by atoms with van der Waals surface area (Å²) in [5.41, 5.74) is 1.35. The third kappa shape index (κ3) is 5.30. The predicted octanol–water partition coefficient (Wildman–Crippen LogP) is 4.22. The van der Waals surface area contributed by atoms with E-state index < -0.39 is 10.0 Å². The normalized spacial score (nSPS) is 21.2. The van der Waals surface area contributed by atoms with Crippen LogP contribution in [0.3, 0.4) is 0 Å². The van der Waals surface area contributed by atoms with E-state index in [4.69, 9.17) is 11.6 Å². The van der Waals surface area contributed by atoms with Gasteiger partial charge < -0.3 is 4.90 Å². The Bertz CT molecular complexity index is 987. The van der Waals surface area contributed by atoms with E-state index in [1.54, 1.807) is 12.1 Å². The molecule has 1 amide bonds. The van der Waals surface area contributed by atoms with Crippen molar-refractivity contribution in [2.75, 3.05) is 26.2 Å². The minimum absolute atomic E-state index is 0.106. The molecule has 2 aromatic carbocycles. The molecule has 2 saturated heterocycles. The Morgan fingerprint density at radius 1 is 0.935 bits per heavy atom. The maximum atomic E-state index is 13.2. The summed E-state index contributed by atoms with van der Waals surface area (Å²) in [6.07, 6.45) is 4.50. The second-order valence-corrected chi connectivity index (χ2v) is 11.0. The number of benzene rings is 2. The zero-order chi connectivity index (χ0) is 21.8. The van der Waals surface area contributed by atoms with Crippen LogP contribution in [-0.4, -0.2) is 49.7 Å². The summed E-state index contributed by atoms with van der Waals surface area (Å²) in [4.78, 5) is 15.3. The van der Waals surface area contributed by atoms with Gasteiger partial charge in [0.15, 0.2) is 0 Å². The van der Waals surface area contributed by atoms with Gasteiger partial charge in [-0.2, -0.15) is 4.31 Å². The van der Waals surface area contributed by atoms with Crippen molar-refractivity contribution < 1.29 is 13.2 Å². The molecule has 0 radical (unpaired) electrons. The molecule has 2 aliphatic rings. The number of hydrogen-bond donors (Lipinski definition) is 0. The standard InChI is InChI=1S/C24H29ClN2O3S/c25-22-8-10-23(11-9-22)31(29,30)27-14-4-7-21(18-27)24(28)26-15-12-20(13-16-26)17-19-5-2-1-3-6-19/h1-3,5-6,8-11,20-21H,4,7,12-18H2/t21-/m0/s1. The highest BCUT2D eigenvalue weighted by Crippen LogP contribution is 2.28. The summed E-state index contributed by atoms with van der Waals surface area (Å²) in [5, 5.41) is 0.501. The molecule has 0 bridgehead atoms. The largest absolute Gasteiger partial charge is 0.342 e. The first-order chi connectivity index (χ1) is 14.9. The van der Waals surface area contributed by atoms with Gasteiger partial charge in [0.05, 0.1) is 10.8 Å². The van der Waals surface area contributed by atoms with E-state index in [0.717, 1.165) is 38.8 Å². The van der Waals surface area contributed by atoms with Crippen LogP contribution in [0.5, 0.6) is 0 Å². The number of hydrogen-bond acceptors (Lipinski definition) is 3. The van der Waals surface area contributed by atoms with Gasteiger partial charge in [-0.1, -0.05) is 41.9 Å². The van der Waals surface area contributed by atoms with Crippen LogP contribution < -0.4 is 0 Å². The summed E-state index contributed by atoms with van der Waals surface area (Å²) >= 11 is 5.90. The summed E-state index contributed by atoms with van der Waals surface area (Å²) in [6.45, 7) is 2.23. The van der Waals surface area contributed by atoms with Crippen LogP contribution in [0.2, 0.25) is 5.02 Å². The molecule has 2 aromatic rings. The minimum atomic E-state index is -3.62. The smallest absolute Gasteiger partial charge is 0.243 e. The van der Waals surface area contributed by atoms with Gasteiger partial charge in [-0.3, -0.25) is 4.79 Å². The fourth-order valence-corrected chi connectivity index (χ4v) is 6.33. The first-order valence-corrected chi connectivity index (χ1v) is 12.8. The summed E-state index contributed by atoms with van der Waals surface area (Å²) in [6, 6.07) is 16.7. The molecule has 31 heavy (non-hydrogen) atoms. The molecule has 166 valence electrons. The van der Waals surface area contributed by atoms with Gasteiger partial charge in [0.2, 0.25) is 15.9 Å². The maximum absolute atomic E-state index is 13.2. The van der Waals surface area contributed by atoms with Crippen molar-refractivity contribution in [3.05, 3.63) is 65.2 Å². The lowest BCUT2D eigenvalue weighted by molar-refractivity contribution is -0.138. The molecule has 0 aromatic heterocycles. The Labute approximate surface area is 190 Å². The second kappa shape index (κ2) is 9.72. The molecular weight excluding hydrogens is 432 g/mol. The Morgan fingerprint density at radius 2 is 1.61 bits per heavy atom. The molecule has 2 aliphatic heterocycles. The van der Waals surface area contributed by atoms with E-state index in [1.807, 2.05) is 11.0 Å². The summed E-state index contributed by atoms with van der Waals surface area (Å²) < 4.78 is 27.5. The summed E-state index contributed by atoms with van der Waals surface area (Å²) in [7, 11) is -3.62. The van der Waals surface area contributed by atoms with E-state index in [0.29, 0.717) is 23.9 Å². The number of nitrogens with zero attached hydrogens (tertiary/aromatic N) is 2. The van der Waals surface area contributed by atoms with Gasteiger partial charge in [-0.25, -0.2) is 8.42 Å². The Morgan fingerprint density at radius 3 is 2.29 bits per heavy atom. The van der Waals surface area contributed by atoms with Gasteiger partial charge in [0, 0.05) is 31.2 Å². The van der Waals surface area contributed by atoms with Crippen molar-refractivity contribution in [2.45, 2.75) is 37.0 Å². The van der Waals surface area contributed by atoms with Crippen LogP contribution in [0.25, 0.3) is 0 Å². The lowest BCUT2D eigenvalue weighted by atomic mass is 9.89. The zero-order valence-corrected chi connectivity index (χ0v) is 19.2. The van der Waals surface area contributed by atoms with Gasteiger partial charge >= 0.3 is 0 Å². The molecule has 7 heteroatoms. The van der Waals surface area contributed by atoms with E-state index in [9.17, 15) is 13.2 Å². The molecule has 4 rings (SSSR count). The first-order valence-electron chi connectivity index (χ1n) is 11.0. The molecular formula is C24H29ClN2O3S. The van der Waals surface area contributed by atoms with E-state index in [1.165, 1.54) is 22.0 Å². The molecule has 0 spiro atoms. The number of likely N-dealkylation sites (tertiary alicyclic amines) is 1. The van der Waals surface area contributed by atoms with Crippen LogP contribution in [0.15, 0.2) is 59.5 Å². The van der Waals surface area contributed by atoms with Crippen LogP contribution in [0.4, 0.5) is 0 Å². The molecule has 1 atom stereocenters. The number of halogens is 1. The van der Waals surface area contributed by atoms with Crippen LogP contribution >= 0.6 is 11.6 Å². The van der Waals surface area contributed by atoms with Crippen LogP contribution in [0, 0.1) is 11.8 Å². The molecule has 0 aliphatic carbocycles. The average molecular weight is 461 g/mol. The molecule has 2 fully saturated rings. The second-order valence-electron chi connectivity index (χ2n) is 8.61. The van der Waals surface area contributed by atoms with Gasteiger partial charge in [-0.05, 0) is 67.9 Å². The van der Waals surface area contributed by atoms with Crippen molar-refractivity contribution in [1.82, 2.24) is 9.21 Å². The number of piperidine rings is 2. The molecule has 0 unspecified atom stereocenters. The first kappa shape index (κ1) is 22.3. The fraction of sp³-hybridized carbons (Fsp3) is 0.458. The van der Waals surface area contributed by atoms with E-state index >= 15 is 0 Å². The van der Waals surface area contributed by atoms with Crippen molar-refractivity contribution in [3.63, 3.8) is 0 Å². The predicted molar refractivity (Wildman–Crippen MR) is 122 cm³/mol. The third-order valence-corrected chi connectivity index (χ3v) is 8.61. The number of carbonyl (C=O) groups excluding carboxylic acids is 1. The number of amides is 1. The Kier molecular flexibility index (Phi) is 6.99. The fourth-order valence-electron chi connectivity index (χ4n) is 4.68. The topological polar surface area (TPSA) is 57.7 Å². The lowest BCUT2D eigenvalue weighted by Gasteiger charge is -2.37.